The number of rotatable bonds is 5. The molecule has 1 saturated carbocycles. The summed E-state index contributed by atoms with van der Waals surface area (Å²) in [5, 5.41) is 8.96. The fourth-order valence-electron chi connectivity index (χ4n) is 4.07. The molecule has 0 bridgehead atoms. The number of Topliss-reactive ketones (excluding diaryl/α,β-unsaturated/α-hetero) is 1. The SMILES string of the molecule is CCOC(=O)C1(C(=O)OCC)CC2=C(c3ccc(C#N)cc3)C(=O)CC2C1. The summed E-state index contributed by atoms with van der Waals surface area (Å²) < 4.78 is 10.4. The number of nitrogens with zero attached hydrogens (tertiary/aromatic N) is 1. The summed E-state index contributed by atoms with van der Waals surface area (Å²) in [6.45, 7) is 3.73. The molecule has 0 aromatic heterocycles. The summed E-state index contributed by atoms with van der Waals surface area (Å²) in [6.07, 6.45) is 0.632. The second kappa shape index (κ2) is 7.36. The minimum Gasteiger partial charge on any atom is -0.465 e. The van der Waals surface area contributed by atoms with Gasteiger partial charge in [-0.05, 0) is 50.3 Å². The molecule has 0 saturated heterocycles. The number of benzene rings is 1. The van der Waals surface area contributed by atoms with E-state index in [2.05, 4.69) is 0 Å². The van der Waals surface area contributed by atoms with E-state index in [1.807, 2.05) is 6.07 Å². The summed E-state index contributed by atoms with van der Waals surface area (Å²) >= 11 is 0. The standard InChI is InChI=1S/C21H21NO5/c1-3-26-19(24)21(20(25)27-4-2)10-15-9-17(23)18(16(15)11-21)14-7-5-13(12-22)6-8-14/h5-8,15H,3-4,9-11H2,1-2H3. The van der Waals surface area contributed by atoms with Crippen LogP contribution in [0, 0.1) is 22.7 Å². The largest absolute Gasteiger partial charge is 0.465 e. The molecule has 0 N–H and O–H groups in total. The monoisotopic (exact) mass is 367 g/mol. The lowest BCUT2D eigenvalue weighted by Gasteiger charge is -2.24. The Bertz CT molecular complexity index is 842. The van der Waals surface area contributed by atoms with Gasteiger partial charge < -0.3 is 9.47 Å². The summed E-state index contributed by atoms with van der Waals surface area (Å²) in [5.41, 5.74) is 1.20. The van der Waals surface area contributed by atoms with Crippen LogP contribution in [0.1, 0.15) is 44.2 Å². The van der Waals surface area contributed by atoms with E-state index >= 15 is 0 Å². The molecule has 140 valence electrons. The molecule has 1 aromatic carbocycles. The number of hydrogen-bond acceptors (Lipinski definition) is 6. The number of fused-ring (bicyclic) bond motifs is 1. The minimum absolute atomic E-state index is 0.000949. The van der Waals surface area contributed by atoms with Crippen LogP contribution in [0.4, 0.5) is 0 Å². The molecule has 0 heterocycles. The Balaban J connectivity index is 2.03. The average Bonchev–Trinajstić information content (AvgIpc) is 3.16. The van der Waals surface area contributed by atoms with E-state index in [0.717, 1.165) is 5.57 Å². The highest BCUT2D eigenvalue weighted by atomic mass is 16.6. The van der Waals surface area contributed by atoms with Gasteiger partial charge in [0, 0.05) is 12.0 Å². The Morgan fingerprint density at radius 2 is 1.74 bits per heavy atom. The molecule has 6 nitrogen and oxygen atoms in total. The predicted molar refractivity (Wildman–Crippen MR) is 96.1 cm³/mol. The number of carbonyl (C=O) groups is 3. The molecule has 0 spiro atoms. The van der Waals surface area contributed by atoms with E-state index in [9.17, 15) is 14.4 Å². The third kappa shape index (κ3) is 3.14. The highest BCUT2D eigenvalue weighted by Crippen LogP contribution is 2.54. The second-order valence-electron chi connectivity index (χ2n) is 6.82. The number of ether oxygens (including phenoxy) is 2. The molecule has 0 radical (unpaired) electrons. The van der Waals surface area contributed by atoms with Gasteiger partial charge in [-0.25, -0.2) is 0 Å². The molecule has 1 atom stereocenters. The Hall–Kier alpha value is -2.94. The van der Waals surface area contributed by atoms with Crippen molar-refractivity contribution in [2.75, 3.05) is 13.2 Å². The zero-order chi connectivity index (χ0) is 19.6. The van der Waals surface area contributed by atoms with Crippen LogP contribution in [0.25, 0.3) is 5.57 Å². The van der Waals surface area contributed by atoms with E-state index in [4.69, 9.17) is 14.7 Å². The van der Waals surface area contributed by atoms with Gasteiger partial charge in [-0.3, -0.25) is 14.4 Å². The fourth-order valence-corrected chi connectivity index (χ4v) is 4.07. The molecule has 2 aliphatic rings. The van der Waals surface area contributed by atoms with Crippen LogP contribution in [-0.4, -0.2) is 30.9 Å². The van der Waals surface area contributed by atoms with Gasteiger partial charge in [0.1, 0.15) is 0 Å². The van der Waals surface area contributed by atoms with Crippen LogP contribution in [-0.2, 0) is 23.9 Å². The van der Waals surface area contributed by atoms with Gasteiger partial charge in [0.25, 0.3) is 0 Å². The van der Waals surface area contributed by atoms with Gasteiger partial charge >= 0.3 is 11.9 Å². The van der Waals surface area contributed by atoms with Crippen molar-refractivity contribution in [1.82, 2.24) is 0 Å². The zero-order valence-corrected chi connectivity index (χ0v) is 15.4. The Kier molecular flexibility index (Phi) is 5.13. The Labute approximate surface area is 157 Å². The first-order valence-corrected chi connectivity index (χ1v) is 9.08. The molecule has 27 heavy (non-hydrogen) atoms. The van der Waals surface area contributed by atoms with E-state index in [1.165, 1.54) is 0 Å². The summed E-state index contributed by atoms with van der Waals surface area (Å²) in [7, 11) is 0. The van der Waals surface area contributed by atoms with Crippen molar-refractivity contribution in [3.8, 4) is 6.07 Å². The molecule has 2 aliphatic carbocycles. The van der Waals surface area contributed by atoms with Gasteiger partial charge in [-0.2, -0.15) is 5.26 Å². The van der Waals surface area contributed by atoms with E-state index in [1.54, 1.807) is 38.1 Å². The van der Waals surface area contributed by atoms with Crippen molar-refractivity contribution in [3.05, 3.63) is 41.0 Å². The van der Waals surface area contributed by atoms with Crippen LogP contribution >= 0.6 is 0 Å². The van der Waals surface area contributed by atoms with Gasteiger partial charge in [0.05, 0.1) is 24.8 Å². The lowest BCUT2D eigenvalue weighted by Crippen LogP contribution is -2.40. The van der Waals surface area contributed by atoms with Gasteiger partial charge in [-0.1, -0.05) is 17.7 Å². The summed E-state index contributed by atoms with van der Waals surface area (Å²) in [4.78, 5) is 37.9. The number of ketones is 1. The van der Waals surface area contributed by atoms with Crippen LogP contribution in [0.5, 0.6) is 0 Å². The van der Waals surface area contributed by atoms with Crippen molar-refractivity contribution in [2.45, 2.75) is 33.1 Å². The topological polar surface area (TPSA) is 93.5 Å². The zero-order valence-electron chi connectivity index (χ0n) is 15.4. The second-order valence-corrected chi connectivity index (χ2v) is 6.82. The lowest BCUT2D eigenvalue weighted by molar-refractivity contribution is -0.171. The van der Waals surface area contributed by atoms with Crippen molar-refractivity contribution in [1.29, 1.82) is 5.26 Å². The number of carbonyl (C=O) groups excluding carboxylic acids is 3. The average molecular weight is 367 g/mol. The van der Waals surface area contributed by atoms with Crippen LogP contribution in [0.2, 0.25) is 0 Å². The molecular weight excluding hydrogens is 346 g/mol. The predicted octanol–water partition coefficient (Wildman–Crippen LogP) is 2.81. The molecule has 1 unspecified atom stereocenters. The molecule has 1 aromatic rings. The third-order valence-electron chi connectivity index (χ3n) is 5.25. The van der Waals surface area contributed by atoms with E-state index in [-0.39, 0.29) is 44.2 Å². The first kappa shape index (κ1) is 18.8. The first-order chi connectivity index (χ1) is 13.0. The molecule has 1 fully saturated rings. The Morgan fingerprint density at radius 1 is 1.15 bits per heavy atom. The quantitative estimate of drug-likeness (QED) is 0.587. The lowest BCUT2D eigenvalue weighted by atomic mass is 9.83. The van der Waals surface area contributed by atoms with E-state index < -0.39 is 17.4 Å². The highest BCUT2D eigenvalue weighted by molar-refractivity contribution is 6.24. The van der Waals surface area contributed by atoms with Crippen LogP contribution < -0.4 is 0 Å². The molecule has 3 rings (SSSR count). The normalized spacial score (nSPS) is 20.2. The summed E-state index contributed by atoms with van der Waals surface area (Å²) in [6, 6.07) is 8.82. The minimum atomic E-state index is -1.38. The maximum absolute atomic E-state index is 12.7. The van der Waals surface area contributed by atoms with Crippen molar-refractivity contribution in [2.24, 2.45) is 11.3 Å². The molecule has 6 heteroatoms. The van der Waals surface area contributed by atoms with Crippen LogP contribution in [0.3, 0.4) is 0 Å². The number of allylic oxidation sites excluding steroid dienone is 2. The first-order valence-electron chi connectivity index (χ1n) is 9.08. The fraction of sp³-hybridized carbons (Fsp3) is 0.429. The van der Waals surface area contributed by atoms with Gasteiger partial charge in [0.15, 0.2) is 11.2 Å². The summed E-state index contributed by atoms with van der Waals surface area (Å²) in [5.74, 6) is -1.34. The van der Waals surface area contributed by atoms with Crippen molar-refractivity contribution < 1.29 is 23.9 Å². The van der Waals surface area contributed by atoms with Crippen molar-refractivity contribution >= 4 is 23.3 Å². The number of nitriles is 1. The number of esters is 2. The van der Waals surface area contributed by atoms with Crippen molar-refractivity contribution in [3.63, 3.8) is 0 Å². The Morgan fingerprint density at radius 3 is 2.26 bits per heavy atom. The smallest absolute Gasteiger partial charge is 0.323 e. The molecular formula is C21H21NO5. The molecule has 0 amide bonds. The maximum Gasteiger partial charge on any atom is 0.323 e. The highest BCUT2D eigenvalue weighted by Gasteiger charge is 2.58. The van der Waals surface area contributed by atoms with E-state index in [0.29, 0.717) is 16.7 Å². The number of hydrogen-bond donors (Lipinski definition) is 0. The van der Waals surface area contributed by atoms with Crippen LogP contribution in [0.15, 0.2) is 29.8 Å². The third-order valence-corrected chi connectivity index (χ3v) is 5.25. The maximum atomic E-state index is 12.7. The molecule has 0 aliphatic heterocycles. The van der Waals surface area contributed by atoms with Gasteiger partial charge in [0.2, 0.25) is 0 Å². The van der Waals surface area contributed by atoms with Gasteiger partial charge in [-0.15, -0.1) is 0 Å².